The molecule has 1 atom stereocenters. The zero-order chi connectivity index (χ0) is 13.4. The average molecular weight is 250 g/mol. The van der Waals surface area contributed by atoms with Crippen molar-refractivity contribution in [3.05, 3.63) is 29.8 Å². The van der Waals surface area contributed by atoms with E-state index in [1.54, 1.807) is 24.3 Å². The summed E-state index contributed by atoms with van der Waals surface area (Å²) in [6, 6.07) is 7.18. The minimum Gasteiger partial charge on any atom is -0.494 e. The number of ether oxygens (including phenoxy) is 1. The molecule has 0 bridgehead atoms. The molecule has 0 saturated carbocycles. The van der Waals surface area contributed by atoms with Crippen LogP contribution < -0.4 is 15.8 Å². The Morgan fingerprint density at radius 1 is 1.33 bits per heavy atom. The van der Waals surface area contributed by atoms with Crippen LogP contribution in [0.1, 0.15) is 37.0 Å². The van der Waals surface area contributed by atoms with Crippen LogP contribution in [0, 0.1) is 0 Å². The van der Waals surface area contributed by atoms with Crippen LogP contribution in [0.3, 0.4) is 0 Å². The van der Waals surface area contributed by atoms with Crippen molar-refractivity contribution in [2.45, 2.75) is 32.7 Å². The van der Waals surface area contributed by atoms with E-state index in [1.165, 1.54) is 0 Å². The average Bonchev–Trinajstić information content (AvgIpc) is 2.39. The molecule has 0 aliphatic carbocycles. The zero-order valence-electron chi connectivity index (χ0n) is 11.1. The molecule has 0 spiro atoms. The molecule has 4 heteroatoms. The number of benzene rings is 1. The molecule has 100 valence electrons. The fourth-order valence-electron chi connectivity index (χ4n) is 1.74. The molecule has 18 heavy (non-hydrogen) atoms. The van der Waals surface area contributed by atoms with Gasteiger partial charge in [-0.3, -0.25) is 4.79 Å². The lowest BCUT2D eigenvalue weighted by molar-refractivity contribution is 0.0936. The number of amides is 1. The molecule has 0 saturated heterocycles. The van der Waals surface area contributed by atoms with E-state index in [9.17, 15) is 4.79 Å². The third-order valence-corrected chi connectivity index (χ3v) is 2.68. The second-order valence-electron chi connectivity index (χ2n) is 4.15. The van der Waals surface area contributed by atoms with Crippen molar-refractivity contribution < 1.29 is 9.53 Å². The Morgan fingerprint density at radius 2 is 2.00 bits per heavy atom. The molecule has 0 aliphatic rings. The predicted octanol–water partition coefficient (Wildman–Crippen LogP) is 1.94. The number of hydrogen-bond acceptors (Lipinski definition) is 3. The molecule has 0 heterocycles. The van der Waals surface area contributed by atoms with Gasteiger partial charge >= 0.3 is 0 Å². The van der Waals surface area contributed by atoms with E-state index in [4.69, 9.17) is 10.5 Å². The van der Waals surface area contributed by atoms with Gasteiger partial charge in [0.15, 0.2) is 0 Å². The highest BCUT2D eigenvalue weighted by Gasteiger charge is 2.11. The topological polar surface area (TPSA) is 64.3 Å². The van der Waals surface area contributed by atoms with Crippen molar-refractivity contribution in [1.82, 2.24) is 5.32 Å². The highest BCUT2D eigenvalue weighted by atomic mass is 16.5. The SMILES string of the molecule is CCCC(CN)NC(=O)c1ccc(OCC)cc1. The van der Waals surface area contributed by atoms with Gasteiger partial charge in [-0.1, -0.05) is 13.3 Å². The number of nitrogens with one attached hydrogen (secondary N) is 1. The number of nitrogens with two attached hydrogens (primary N) is 1. The Morgan fingerprint density at radius 3 is 2.50 bits per heavy atom. The first-order valence-corrected chi connectivity index (χ1v) is 6.45. The van der Waals surface area contributed by atoms with Crippen LogP contribution in [0.5, 0.6) is 5.75 Å². The van der Waals surface area contributed by atoms with E-state index in [0.29, 0.717) is 18.7 Å². The van der Waals surface area contributed by atoms with Crippen molar-refractivity contribution in [3.8, 4) is 5.75 Å². The number of carbonyl (C=O) groups is 1. The largest absolute Gasteiger partial charge is 0.494 e. The molecule has 1 rings (SSSR count). The molecule has 0 aliphatic heterocycles. The maximum absolute atomic E-state index is 12.0. The summed E-state index contributed by atoms with van der Waals surface area (Å²) in [5, 5.41) is 2.93. The molecule has 1 aromatic rings. The quantitative estimate of drug-likeness (QED) is 0.777. The van der Waals surface area contributed by atoms with Crippen LogP contribution in [0.25, 0.3) is 0 Å². The van der Waals surface area contributed by atoms with Gasteiger partial charge in [0.05, 0.1) is 6.61 Å². The van der Waals surface area contributed by atoms with Crippen LogP contribution in [0.15, 0.2) is 24.3 Å². The third-order valence-electron chi connectivity index (χ3n) is 2.68. The van der Waals surface area contributed by atoms with Crippen molar-refractivity contribution >= 4 is 5.91 Å². The van der Waals surface area contributed by atoms with Crippen LogP contribution in [-0.4, -0.2) is 25.1 Å². The van der Waals surface area contributed by atoms with Crippen LogP contribution >= 0.6 is 0 Å². The molecule has 0 radical (unpaired) electrons. The van der Waals surface area contributed by atoms with Crippen LogP contribution in [0.4, 0.5) is 0 Å². The van der Waals surface area contributed by atoms with E-state index in [0.717, 1.165) is 18.6 Å². The van der Waals surface area contributed by atoms with Crippen molar-refractivity contribution in [2.24, 2.45) is 5.73 Å². The van der Waals surface area contributed by atoms with Gasteiger partial charge in [-0.05, 0) is 37.6 Å². The first kappa shape index (κ1) is 14.5. The van der Waals surface area contributed by atoms with E-state index in [2.05, 4.69) is 12.2 Å². The lowest BCUT2D eigenvalue weighted by Gasteiger charge is -2.16. The van der Waals surface area contributed by atoms with E-state index in [1.807, 2.05) is 6.92 Å². The molecule has 3 N–H and O–H groups in total. The highest BCUT2D eigenvalue weighted by molar-refractivity contribution is 5.94. The van der Waals surface area contributed by atoms with E-state index in [-0.39, 0.29) is 11.9 Å². The minimum absolute atomic E-state index is 0.0501. The van der Waals surface area contributed by atoms with Gasteiger partial charge in [0.25, 0.3) is 5.91 Å². The number of carbonyl (C=O) groups excluding carboxylic acids is 1. The van der Waals surface area contributed by atoms with Gasteiger partial charge in [-0.2, -0.15) is 0 Å². The lowest BCUT2D eigenvalue weighted by atomic mass is 10.1. The zero-order valence-corrected chi connectivity index (χ0v) is 11.1. The number of hydrogen-bond donors (Lipinski definition) is 2. The van der Waals surface area contributed by atoms with Gasteiger partial charge in [0, 0.05) is 18.2 Å². The van der Waals surface area contributed by atoms with Crippen LogP contribution in [-0.2, 0) is 0 Å². The number of rotatable bonds is 7. The maximum Gasteiger partial charge on any atom is 0.251 e. The standard InChI is InChI=1S/C14H22N2O2/c1-3-5-12(10-15)16-14(17)11-6-8-13(9-7-11)18-4-2/h6-9,12H,3-5,10,15H2,1-2H3,(H,16,17). The molecule has 0 aromatic heterocycles. The second-order valence-corrected chi connectivity index (χ2v) is 4.15. The molecule has 0 fully saturated rings. The Balaban J connectivity index is 2.60. The fraction of sp³-hybridized carbons (Fsp3) is 0.500. The van der Waals surface area contributed by atoms with Gasteiger partial charge < -0.3 is 15.8 Å². The summed E-state index contributed by atoms with van der Waals surface area (Å²) < 4.78 is 5.33. The first-order chi connectivity index (χ1) is 8.71. The van der Waals surface area contributed by atoms with Crippen molar-refractivity contribution in [1.29, 1.82) is 0 Å². The maximum atomic E-state index is 12.0. The Labute approximate surface area is 109 Å². The molecule has 4 nitrogen and oxygen atoms in total. The Hall–Kier alpha value is -1.55. The monoisotopic (exact) mass is 250 g/mol. The Kier molecular flexibility index (Phi) is 6.22. The highest BCUT2D eigenvalue weighted by Crippen LogP contribution is 2.12. The van der Waals surface area contributed by atoms with Crippen molar-refractivity contribution in [3.63, 3.8) is 0 Å². The van der Waals surface area contributed by atoms with E-state index < -0.39 is 0 Å². The summed E-state index contributed by atoms with van der Waals surface area (Å²) in [5.74, 6) is 0.694. The van der Waals surface area contributed by atoms with E-state index >= 15 is 0 Å². The molecular formula is C14H22N2O2. The molecular weight excluding hydrogens is 228 g/mol. The summed E-state index contributed by atoms with van der Waals surface area (Å²) >= 11 is 0. The normalized spacial score (nSPS) is 11.9. The lowest BCUT2D eigenvalue weighted by Crippen LogP contribution is -2.40. The van der Waals surface area contributed by atoms with Gasteiger partial charge in [0.2, 0.25) is 0 Å². The summed E-state index contributed by atoms with van der Waals surface area (Å²) in [5.41, 5.74) is 6.25. The summed E-state index contributed by atoms with van der Waals surface area (Å²) in [6.45, 7) is 5.09. The van der Waals surface area contributed by atoms with Gasteiger partial charge in [0.1, 0.15) is 5.75 Å². The van der Waals surface area contributed by atoms with Gasteiger partial charge in [-0.25, -0.2) is 0 Å². The Bertz CT molecular complexity index is 363. The molecule has 1 aromatic carbocycles. The fourth-order valence-corrected chi connectivity index (χ4v) is 1.74. The summed E-state index contributed by atoms with van der Waals surface area (Å²) in [7, 11) is 0. The van der Waals surface area contributed by atoms with Gasteiger partial charge in [-0.15, -0.1) is 0 Å². The third kappa shape index (κ3) is 4.37. The smallest absolute Gasteiger partial charge is 0.251 e. The first-order valence-electron chi connectivity index (χ1n) is 6.45. The minimum atomic E-state index is -0.0815. The van der Waals surface area contributed by atoms with Crippen LogP contribution in [0.2, 0.25) is 0 Å². The summed E-state index contributed by atoms with van der Waals surface area (Å²) in [4.78, 5) is 12.0. The molecule has 1 unspecified atom stereocenters. The summed E-state index contributed by atoms with van der Waals surface area (Å²) in [6.07, 6.45) is 1.91. The van der Waals surface area contributed by atoms with Crippen molar-refractivity contribution in [2.75, 3.05) is 13.2 Å². The second kappa shape index (κ2) is 7.71. The molecule has 1 amide bonds. The predicted molar refractivity (Wildman–Crippen MR) is 72.8 cm³/mol.